The Hall–Kier alpha value is -3.74. The molecule has 4 aromatic rings. The zero-order valence-corrected chi connectivity index (χ0v) is 17.8. The number of ether oxygens (including phenoxy) is 1. The third kappa shape index (κ3) is 3.99. The smallest absolute Gasteiger partial charge is 0.252 e. The van der Waals surface area contributed by atoms with E-state index in [4.69, 9.17) is 4.74 Å². The largest absolute Gasteiger partial charge is 0.497 e. The molecule has 1 N–H and O–H groups in total. The molecule has 0 saturated carbocycles. The maximum atomic E-state index is 13.4. The third-order valence-electron chi connectivity index (χ3n) is 5.20. The Kier molecular flexibility index (Phi) is 5.42. The van der Waals surface area contributed by atoms with Crippen molar-refractivity contribution in [3.8, 4) is 11.4 Å². The molecule has 2 aromatic heterocycles. The van der Waals surface area contributed by atoms with E-state index in [2.05, 4.69) is 15.4 Å². The third-order valence-corrected chi connectivity index (χ3v) is 5.20. The molecule has 0 radical (unpaired) electrons. The minimum atomic E-state index is -0.326. The summed E-state index contributed by atoms with van der Waals surface area (Å²) in [7, 11) is 1.61. The van der Waals surface area contributed by atoms with Gasteiger partial charge in [-0.1, -0.05) is 12.1 Å². The van der Waals surface area contributed by atoms with Crippen molar-refractivity contribution in [2.75, 3.05) is 7.11 Å². The number of carbonyl (C=O) groups excluding carboxylic acids is 1. The number of hydrogen-bond acceptors (Lipinski definition) is 4. The number of nitrogens with zero attached hydrogens (tertiary/aromatic N) is 3. The summed E-state index contributed by atoms with van der Waals surface area (Å²) in [5.41, 5.74) is 4.04. The van der Waals surface area contributed by atoms with Crippen LogP contribution in [0.25, 0.3) is 16.7 Å². The number of pyridine rings is 1. The van der Waals surface area contributed by atoms with Crippen molar-refractivity contribution < 1.29 is 13.9 Å². The average Bonchev–Trinajstić information content (AvgIpc) is 3.09. The summed E-state index contributed by atoms with van der Waals surface area (Å²) < 4.78 is 20.3. The van der Waals surface area contributed by atoms with Crippen LogP contribution in [0.3, 0.4) is 0 Å². The number of aromatic nitrogens is 3. The van der Waals surface area contributed by atoms with Crippen LogP contribution in [0.4, 0.5) is 4.39 Å². The van der Waals surface area contributed by atoms with Gasteiger partial charge >= 0.3 is 0 Å². The minimum Gasteiger partial charge on any atom is -0.497 e. The van der Waals surface area contributed by atoms with Crippen molar-refractivity contribution in [1.29, 1.82) is 0 Å². The molecular formula is C24H23FN4O2. The fourth-order valence-electron chi connectivity index (χ4n) is 3.62. The molecule has 0 fully saturated rings. The van der Waals surface area contributed by atoms with Crippen molar-refractivity contribution in [1.82, 2.24) is 20.1 Å². The highest BCUT2D eigenvalue weighted by atomic mass is 19.1. The lowest BCUT2D eigenvalue weighted by molar-refractivity contribution is 0.0941. The molecule has 2 heterocycles. The molecule has 0 unspecified atom stereocenters. The highest BCUT2D eigenvalue weighted by Crippen LogP contribution is 2.26. The number of nitrogens with one attached hydrogen (secondary N) is 1. The summed E-state index contributed by atoms with van der Waals surface area (Å²) in [5, 5.41) is 8.30. The van der Waals surface area contributed by atoms with E-state index < -0.39 is 0 Å². The van der Waals surface area contributed by atoms with Gasteiger partial charge in [-0.3, -0.25) is 4.79 Å². The van der Waals surface area contributed by atoms with Crippen LogP contribution in [0.1, 0.15) is 40.3 Å². The normalized spacial score (nSPS) is 12.0. The summed E-state index contributed by atoms with van der Waals surface area (Å²) in [4.78, 5) is 17.8. The first kappa shape index (κ1) is 20.5. The van der Waals surface area contributed by atoms with Gasteiger partial charge in [-0.05, 0) is 68.8 Å². The van der Waals surface area contributed by atoms with Gasteiger partial charge in [-0.15, -0.1) is 0 Å². The topological polar surface area (TPSA) is 69.0 Å². The second-order valence-electron chi connectivity index (χ2n) is 7.46. The van der Waals surface area contributed by atoms with Crippen molar-refractivity contribution in [2.24, 2.45) is 0 Å². The molecule has 0 bridgehead atoms. The first-order chi connectivity index (χ1) is 14.9. The number of amides is 1. The van der Waals surface area contributed by atoms with Gasteiger partial charge in [0.05, 0.1) is 35.5 Å². The van der Waals surface area contributed by atoms with Gasteiger partial charge in [-0.2, -0.15) is 5.10 Å². The Morgan fingerprint density at radius 3 is 2.58 bits per heavy atom. The van der Waals surface area contributed by atoms with Gasteiger partial charge in [-0.25, -0.2) is 14.1 Å². The Labute approximate surface area is 179 Å². The predicted octanol–water partition coefficient (Wildman–Crippen LogP) is 4.68. The maximum Gasteiger partial charge on any atom is 0.252 e. The fourth-order valence-corrected chi connectivity index (χ4v) is 3.62. The Morgan fingerprint density at radius 1 is 1.13 bits per heavy atom. The molecular weight excluding hydrogens is 395 g/mol. The van der Waals surface area contributed by atoms with Gasteiger partial charge in [0.1, 0.15) is 11.6 Å². The molecule has 2 aromatic carbocycles. The van der Waals surface area contributed by atoms with Gasteiger partial charge in [0, 0.05) is 5.69 Å². The van der Waals surface area contributed by atoms with Crippen LogP contribution in [0.2, 0.25) is 0 Å². The van der Waals surface area contributed by atoms with Crippen LogP contribution in [0.15, 0.2) is 54.6 Å². The van der Waals surface area contributed by atoms with E-state index in [1.807, 2.05) is 45.0 Å². The Balaban J connectivity index is 1.73. The second kappa shape index (κ2) is 8.18. The number of fused-ring (bicyclic) bond motifs is 1. The fraction of sp³-hybridized carbons (Fsp3) is 0.208. The lowest BCUT2D eigenvalue weighted by Gasteiger charge is -2.16. The monoisotopic (exact) mass is 418 g/mol. The van der Waals surface area contributed by atoms with E-state index in [-0.39, 0.29) is 17.8 Å². The number of rotatable bonds is 5. The summed E-state index contributed by atoms with van der Waals surface area (Å²) in [5.74, 6) is 0.192. The van der Waals surface area contributed by atoms with Gasteiger partial charge < -0.3 is 10.1 Å². The van der Waals surface area contributed by atoms with E-state index in [0.717, 1.165) is 11.3 Å². The standard InChI is InChI=1S/C24H23FN4O2/c1-14-12-21(24(30)27-15(2)17-6-5-7-20(13-17)31-4)22-16(3)28-29(23(22)26-14)19-10-8-18(25)9-11-19/h5-13,15H,1-4H3,(H,27,30)/t15-/m1/s1. The highest BCUT2D eigenvalue weighted by molar-refractivity contribution is 6.07. The number of aryl methyl sites for hydroxylation is 2. The van der Waals surface area contributed by atoms with E-state index in [1.165, 1.54) is 12.1 Å². The Bertz CT molecular complexity index is 1260. The summed E-state index contributed by atoms with van der Waals surface area (Å²) in [6.07, 6.45) is 0. The predicted molar refractivity (Wildman–Crippen MR) is 117 cm³/mol. The van der Waals surface area contributed by atoms with Crippen molar-refractivity contribution in [3.05, 3.63) is 82.9 Å². The second-order valence-corrected chi connectivity index (χ2v) is 7.46. The SMILES string of the molecule is COc1cccc([C@@H](C)NC(=O)c2cc(C)nc3c2c(C)nn3-c2ccc(F)cc2)c1. The highest BCUT2D eigenvalue weighted by Gasteiger charge is 2.21. The molecule has 1 atom stereocenters. The van der Waals surface area contributed by atoms with Crippen LogP contribution >= 0.6 is 0 Å². The van der Waals surface area contributed by atoms with Crippen molar-refractivity contribution >= 4 is 16.9 Å². The summed E-state index contributed by atoms with van der Waals surface area (Å²) in [6.45, 7) is 5.59. The molecule has 6 nitrogen and oxygen atoms in total. The lowest BCUT2D eigenvalue weighted by Crippen LogP contribution is -2.27. The number of methoxy groups -OCH3 is 1. The zero-order valence-electron chi connectivity index (χ0n) is 17.8. The van der Waals surface area contributed by atoms with Crippen LogP contribution in [0, 0.1) is 19.7 Å². The number of benzene rings is 2. The van der Waals surface area contributed by atoms with Gasteiger partial charge in [0.15, 0.2) is 5.65 Å². The molecule has 158 valence electrons. The van der Waals surface area contributed by atoms with Crippen molar-refractivity contribution in [2.45, 2.75) is 26.8 Å². The molecule has 31 heavy (non-hydrogen) atoms. The van der Waals surface area contributed by atoms with E-state index in [1.54, 1.807) is 30.0 Å². The number of hydrogen-bond donors (Lipinski definition) is 1. The molecule has 4 rings (SSSR count). The van der Waals surface area contributed by atoms with E-state index in [0.29, 0.717) is 33.7 Å². The molecule has 0 spiro atoms. The molecule has 0 aliphatic rings. The molecule has 7 heteroatoms. The zero-order chi connectivity index (χ0) is 22.1. The first-order valence-electron chi connectivity index (χ1n) is 9.95. The average molecular weight is 418 g/mol. The van der Waals surface area contributed by atoms with Crippen LogP contribution in [-0.4, -0.2) is 27.8 Å². The van der Waals surface area contributed by atoms with Crippen LogP contribution < -0.4 is 10.1 Å². The molecule has 0 saturated heterocycles. The number of carbonyl (C=O) groups is 1. The van der Waals surface area contributed by atoms with E-state index in [9.17, 15) is 9.18 Å². The molecule has 0 aliphatic heterocycles. The molecule has 1 amide bonds. The number of halogens is 1. The first-order valence-corrected chi connectivity index (χ1v) is 9.95. The lowest BCUT2D eigenvalue weighted by atomic mass is 10.1. The van der Waals surface area contributed by atoms with Crippen molar-refractivity contribution in [3.63, 3.8) is 0 Å². The minimum absolute atomic E-state index is 0.215. The summed E-state index contributed by atoms with van der Waals surface area (Å²) >= 11 is 0. The van der Waals surface area contributed by atoms with Gasteiger partial charge in [0.25, 0.3) is 5.91 Å². The molecule has 0 aliphatic carbocycles. The van der Waals surface area contributed by atoms with Gasteiger partial charge in [0.2, 0.25) is 0 Å². The Morgan fingerprint density at radius 2 is 1.87 bits per heavy atom. The quantitative estimate of drug-likeness (QED) is 0.511. The van der Waals surface area contributed by atoms with Crippen LogP contribution in [0.5, 0.6) is 5.75 Å². The van der Waals surface area contributed by atoms with E-state index >= 15 is 0 Å². The van der Waals surface area contributed by atoms with Crippen LogP contribution in [-0.2, 0) is 0 Å². The summed E-state index contributed by atoms with van der Waals surface area (Å²) in [6, 6.07) is 15.1. The maximum absolute atomic E-state index is 13.4.